The lowest BCUT2D eigenvalue weighted by Crippen LogP contribution is -2.41. The standard InChI is InChI=1S/C12H13ClF3N3O2/c13-8-4-11(19(20)21)9(17)5-10(8)18-3-1-2-7(6-18)12(14,15)16/h4-5,7H,1-3,6,17H2. The first kappa shape index (κ1) is 15.7. The number of rotatable bonds is 2. The van der Waals surface area contributed by atoms with E-state index >= 15 is 0 Å². The van der Waals surface area contributed by atoms with Crippen LogP contribution in [0.1, 0.15) is 12.8 Å². The number of nitrogens with zero attached hydrogens (tertiary/aromatic N) is 2. The lowest BCUT2D eigenvalue weighted by molar-refractivity contribution is -0.383. The fourth-order valence-electron chi connectivity index (χ4n) is 2.43. The van der Waals surface area contributed by atoms with Crippen molar-refractivity contribution < 1.29 is 18.1 Å². The Balaban J connectivity index is 2.30. The second-order valence-electron chi connectivity index (χ2n) is 4.95. The van der Waals surface area contributed by atoms with Crippen molar-refractivity contribution in [2.45, 2.75) is 19.0 Å². The number of nitro groups is 1. The fraction of sp³-hybridized carbons (Fsp3) is 0.500. The van der Waals surface area contributed by atoms with Crippen molar-refractivity contribution in [2.24, 2.45) is 5.92 Å². The average Bonchev–Trinajstić information content (AvgIpc) is 2.40. The molecule has 0 radical (unpaired) electrons. The highest BCUT2D eigenvalue weighted by Gasteiger charge is 2.42. The third-order valence-electron chi connectivity index (χ3n) is 3.52. The minimum Gasteiger partial charge on any atom is -0.393 e. The summed E-state index contributed by atoms with van der Waals surface area (Å²) < 4.78 is 38.4. The van der Waals surface area contributed by atoms with Gasteiger partial charge in [-0.1, -0.05) is 11.6 Å². The minimum absolute atomic E-state index is 0.0266. The summed E-state index contributed by atoms with van der Waals surface area (Å²) in [4.78, 5) is 11.5. The van der Waals surface area contributed by atoms with Crippen LogP contribution >= 0.6 is 11.6 Å². The molecular weight excluding hydrogens is 311 g/mol. The number of nitrogens with two attached hydrogens (primary N) is 1. The molecule has 2 N–H and O–H groups in total. The number of benzene rings is 1. The molecule has 5 nitrogen and oxygen atoms in total. The number of piperidine rings is 1. The Kier molecular flexibility index (Phi) is 4.18. The van der Waals surface area contributed by atoms with Gasteiger partial charge in [-0.15, -0.1) is 0 Å². The second-order valence-corrected chi connectivity index (χ2v) is 5.35. The number of anilines is 2. The van der Waals surface area contributed by atoms with Gasteiger partial charge in [0.25, 0.3) is 5.69 Å². The first-order chi connectivity index (χ1) is 9.70. The van der Waals surface area contributed by atoms with Crippen LogP contribution in [0, 0.1) is 16.0 Å². The lowest BCUT2D eigenvalue weighted by Gasteiger charge is -2.35. The quantitative estimate of drug-likeness (QED) is 0.512. The number of halogens is 4. The van der Waals surface area contributed by atoms with Gasteiger partial charge in [-0.05, 0) is 18.9 Å². The molecule has 1 unspecified atom stereocenters. The van der Waals surface area contributed by atoms with Crippen LogP contribution in [0.15, 0.2) is 12.1 Å². The predicted molar refractivity (Wildman–Crippen MR) is 73.5 cm³/mol. The molecule has 1 saturated heterocycles. The summed E-state index contributed by atoms with van der Waals surface area (Å²) in [5.41, 5.74) is 5.40. The van der Waals surface area contributed by atoms with Gasteiger partial charge >= 0.3 is 6.18 Å². The first-order valence-corrected chi connectivity index (χ1v) is 6.63. The average molecular weight is 324 g/mol. The molecule has 1 atom stereocenters. The van der Waals surface area contributed by atoms with Crippen LogP contribution in [-0.4, -0.2) is 24.2 Å². The molecule has 9 heteroatoms. The molecule has 1 fully saturated rings. The maximum Gasteiger partial charge on any atom is 0.393 e. The first-order valence-electron chi connectivity index (χ1n) is 6.25. The van der Waals surface area contributed by atoms with E-state index in [-0.39, 0.29) is 29.4 Å². The van der Waals surface area contributed by atoms with Gasteiger partial charge in [0.1, 0.15) is 5.69 Å². The molecule has 0 bridgehead atoms. The van der Waals surface area contributed by atoms with Crippen molar-refractivity contribution in [3.05, 3.63) is 27.3 Å². The largest absolute Gasteiger partial charge is 0.393 e. The summed E-state index contributed by atoms with van der Waals surface area (Å²) in [6.45, 7) is 0.185. The molecule has 1 aliphatic heterocycles. The van der Waals surface area contributed by atoms with Gasteiger partial charge in [0, 0.05) is 19.2 Å². The zero-order valence-electron chi connectivity index (χ0n) is 10.9. The highest BCUT2D eigenvalue weighted by molar-refractivity contribution is 6.33. The molecule has 1 heterocycles. The van der Waals surface area contributed by atoms with Crippen LogP contribution < -0.4 is 10.6 Å². The minimum atomic E-state index is -4.27. The van der Waals surface area contributed by atoms with Gasteiger partial charge in [0.15, 0.2) is 0 Å². The molecule has 1 aliphatic rings. The van der Waals surface area contributed by atoms with Crippen LogP contribution in [0.4, 0.5) is 30.2 Å². The van der Waals surface area contributed by atoms with Crippen LogP contribution in [0.25, 0.3) is 0 Å². The summed E-state index contributed by atoms with van der Waals surface area (Å²) in [6, 6.07) is 2.34. The van der Waals surface area contributed by atoms with Crippen LogP contribution in [0.5, 0.6) is 0 Å². The Morgan fingerprint density at radius 3 is 2.67 bits per heavy atom. The molecule has 0 aliphatic carbocycles. The van der Waals surface area contributed by atoms with Gasteiger partial charge in [0.2, 0.25) is 0 Å². The molecule has 21 heavy (non-hydrogen) atoms. The number of nitrogen functional groups attached to an aromatic ring is 1. The SMILES string of the molecule is Nc1cc(N2CCCC(C(F)(F)F)C2)c(Cl)cc1[N+](=O)[O-]. The Morgan fingerprint density at radius 2 is 2.10 bits per heavy atom. The molecule has 1 aromatic rings. The number of nitro benzene ring substituents is 1. The summed E-state index contributed by atoms with van der Waals surface area (Å²) >= 11 is 5.96. The van der Waals surface area contributed by atoms with E-state index < -0.39 is 17.0 Å². The molecule has 0 aromatic heterocycles. The van der Waals surface area contributed by atoms with Gasteiger partial charge < -0.3 is 10.6 Å². The van der Waals surface area contributed by atoms with Crippen LogP contribution in [-0.2, 0) is 0 Å². The van der Waals surface area contributed by atoms with E-state index in [1.165, 1.54) is 11.0 Å². The topological polar surface area (TPSA) is 72.4 Å². The molecule has 116 valence electrons. The highest BCUT2D eigenvalue weighted by Crippen LogP contribution is 2.39. The van der Waals surface area contributed by atoms with Gasteiger partial charge in [-0.3, -0.25) is 10.1 Å². The zero-order chi connectivity index (χ0) is 15.8. The van der Waals surface area contributed by atoms with Crippen molar-refractivity contribution >= 4 is 28.7 Å². The molecular formula is C12H13ClF3N3O2. The number of hydrogen-bond acceptors (Lipinski definition) is 4. The molecule has 0 spiro atoms. The smallest absolute Gasteiger partial charge is 0.393 e. The van der Waals surface area contributed by atoms with E-state index in [1.807, 2.05) is 0 Å². The number of alkyl halides is 3. The Bertz CT molecular complexity index is 565. The predicted octanol–water partition coefficient (Wildman–Crippen LogP) is 3.61. The van der Waals surface area contributed by atoms with E-state index in [1.54, 1.807) is 0 Å². The van der Waals surface area contributed by atoms with E-state index in [9.17, 15) is 23.3 Å². The molecule has 1 aromatic carbocycles. The second kappa shape index (κ2) is 5.59. The third-order valence-corrected chi connectivity index (χ3v) is 3.82. The highest BCUT2D eigenvalue weighted by atomic mass is 35.5. The monoisotopic (exact) mass is 323 g/mol. The van der Waals surface area contributed by atoms with Gasteiger partial charge in [-0.2, -0.15) is 13.2 Å². The van der Waals surface area contributed by atoms with Gasteiger partial charge in [-0.25, -0.2) is 0 Å². The fourth-order valence-corrected chi connectivity index (χ4v) is 2.71. The Morgan fingerprint density at radius 1 is 1.43 bits per heavy atom. The van der Waals surface area contributed by atoms with Crippen molar-refractivity contribution in [3.8, 4) is 0 Å². The van der Waals surface area contributed by atoms with Crippen molar-refractivity contribution in [1.29, 1.82) is 0 Å². The molecule has 0 saturated carbocycles. The Labute approximate surface area is 123 Å². The maximum absolute atomic E-state index is 12.8. The maximum atomic E-state index is 12.8. The van der Waals surface area contributed by atoms with E-state index in [4.69, 9.17) is 17.3 Å². The summed E-state index contributed by atoms with van der Waals surface area (Å²) in [5, 5.41) is 10.8. The Hall–Kier alpha value is -1.70. The summed E-state index contributed by atoms with van der Waals surface area (Å²) in [5.74, 6) is -1.43. The van der Waals surface area contributed by atoms with E-state index in [2.05, 4.69) is 0 Å². The zero-order valence-corrected chi connectivity index (χ0v) is 11.6. The lowest BCUT2D eigenvalue weighted by atomic mass is 9.97. The van der Waals surface area contributed by atoms with E-state index in [0.717, 1.165) is 6.07 Å². The van der Waals surface area contributed by atoms with E-state index in [0.29, 0.717) is 18.7 Å². The third kappa shape index (κ3) is 3.31. The van der Waals surface area contributed by atoms with Crippen molar-refractivity contribution in [2.75, 3.05) is 23.7 Å². The van der Waals surface area contributed by atoms with Crippen molar-refractivity contribution in [1.82, 2.24) is 0 Å². The number of hydrogen-bond donors (Lipinski definition) is 1. The summed E-state index contributed by atoms with van der Waals surface area (Å²) in [6.07, 6.45) is -3.82. The van der Waals surface area contributed by atoms with Gasteiger partial charge in [0.05, 0.1) is 21.6 Å². The van der Waals surface area contributed by atoms with Crippen LogP contribution in [0.2, 0.25) is 5.02 Å². The summed E-state index contributed by atoms with van der Waals surface area (Å²) in [7, 11) is 0. The molecule has 2 rings (SSSR count). The molecule has 0 amide bonds. The normalized spacial score (nSPS) is 19.6. The van der Waals surface area contributed by atoms with Crippen molar-refractivity contribution in [3.63, 3.8) is 0 Å². The van der Waals surface area contributed by atoms with Crippen LogP contribution in [0.3, 0.4) is 0 Å².